The number of methoxy groups -OCH3 is 1. The molecule has 0 radical (unpaired) electrons. The summed E-state index contributed by atoms with van der Waals surface area (Å²) in [5.74, 6) is 0.812. The molecule has 4 heteroatoms. The predicted molar refractivity (Wildman–Crippen MR) is 79.2 cm³/mol. The first-order valence-corrected chi connectivity index (χ1v) is 6.54. The molecule has 0 aliphatic carbocycles. The molecule has 0 amide bonds. The highest BCUT2D eigenvalue weighted by Crippen LogP contribution is 2.30. The minimum Gasteiger partial charge on any atom is -0.622 e. The lowest BCUT2D eigenvalue weighted by atomic mass is 10.1. The zero-order valence-corrected chi connectivity index (χ0v) is 11.3. The monoisotopic (exact) mass is 268 g/mol. The lowest BCUT2D eigenvalue weighted by Crippen LogP contribution is -2.27. The molecule has 1 heterocycles. The van der Waals surface area contributed by atoms with Gasteiger partial charge in [-0.3, -0.25) is 4.90 Å². The molecule has 102 valence electrons. The summed E-state index contributed by atoms with van der Waals surface area (Å²) in [6.45, 7) is 0.607. The van der Waals surface area contributed by atoms with E-state index >= 15 is 0 Å². The lowest BCUT2D eigenvalue weighted by molar-refractivity contribution is -0.493. The Morgan fingerprint density at radius 1 is 1.10 bits per heavy atom. The van der Waals surface area contributed by atoms with Crippen molar-refractivity contribution in [1.29, 1.82) is 0 Å². The molecule has 0 saturated heterocycles. The molecule has 3 rings (SSSR count). The molecular formula is C16H16N2O2. The molecule has 20 heavy (non-hydrogen) atoms. The fourth-order valence-corrected chi connectivity index (χ4v) is 2.48. The summed E-state index contributed by atoms with van der Waals surface area (Å²) >= 11 is 0. The van der Waals surface area contributed by atoms with E-state index in [1.165, 1.54) is 0 Å². The van der Waals surface area contributed by atoms with Crippen molar-refractivity contribution in [2.24, 2.45) is 0 Å². The Morgan fingerprint density at radius 3 is 2.45 bits per heavy atom. The molecule has 0 bridgehead atoms. The van der Waals surface area contributed by atoms with Crippen LogP contribution in [0.5, 0.6) is 5.75 Å². The van der Waals surface area contributed by atoms with Crippen LogP contribution in [0.25, 0.3) is 0 Å². The van der Waals surface area contributed by atoms with E-state index in [4.69, 9.17) is 4.74 Å². The molecule has 0 saturated carbocycles. The number of ether oxygens (including phenoxy) is 1. The number of hydrogen-bond acceptors (Lipinski definition) is 3. The molecule has 2 aromatic carbocycles. The second-order valence-electron chi connectivity index (χ2n) is 4.68. The van der Waals surface area contributed by atoms with Gasteiger partial charge in [-0.15, -0.1) is 0 Å². The van der Waals surface area contributed by atoms with Gasteiger partial charge < -0.3 is 9.94 Å². The number of rotatable bonds is 3. The molecule has 0 aromatic heterocycles. The highest BCUT2D eigenvalue weighted by atomic mass is 16.5. The molecule has 1 aliphatic rings. The van der Waals surface area contributed by atoms with Crippen LogP contribution >= 0.6 is 0 Å². The molecule has 0 fully saturated rings. The first kappa shape index (κ1) is 12.5. The minimum absolute atomic E-state index is 0.301. The summed E-state index contributed by atoms with van der Waals surface area (Å²) in [5, 5.41) is 12.1. The average molecular weight is 268 g/mol. The van der Waals surface area contributed by atoms with Crippen LogP contribution in [0.2, 0.25) is 0 Å². The third kappa shape index (κ3) is 2.20. The maximum absolute atomic E-state index is 12.1. The van der Waals surface area contributed by atoms with Gasteiger partial charge in [-0.2, -0.15) is 4.74 Å². The topological polar surface area (TPSA) is 38.5 Å². The van der Waals surface area contributed by atoms with E-state index in [1.54, 1.807) is 13.3 Å². The van der Waals surface area contributed by atoms with Gasteiger partial charge in [0.15, 0.2) is 6.21 Å². The van der Waals surface area contributed by atoms with Crippen LogP contribution in [0.1, 0.15) is 11.7 Å². The van der Waals surface area contributed by atoms with Gasteiger partial charge in [0, 0.05) is 11.3 Å². The normalized spacial score (nSPS) is 17.9. The van der Waals surface area contributed by atoms with Crippen molar-refractivity contribution in [2.75, 3.05) is 18.6 Å². The predicted octanol–water partition coefficient (Wildman–Crippen LogP) is 2.80. The van der Waals surface area contributed by atoms with Crippen LogP contribution in [0.3, 0.4) is 0 Å². The highest BCUT2D eigenvalue weighted by Gasteiger charge is 2.32. The van der Waals surface area contributed by atoms with Gasteiger partial charge in [0.2, 0.25) is 0 Å². The summed E-state index contributed by atoms with van der Waals surface area (Å²) < 4.78 is 6.18. The Balaban J connectivity index is 1.92. The van der Waals surface area contributed by atoms with Crippen LogP contribution in [0.4, 0.5) is 5.69 Å². The van der Waals surface area contributed by atoms with E-state index in [0.29, 0.717) is 6.54 Å². The number of nitrogens with zero attached hydrogens (tertiary/aromatic N) is 2. The number of hydroxylamine groups is 1. The Kier molecular flexibility index (Phi) is 3.29. The fourth-order valence-electron chi connectivity index (χ4n) is 2.48. The lowest BCUT2D eigenvalue weighted by Gasteiger charge is -2.24. The first-order valence-electron chi connectivity index (χ1n) is 6.54. The van der Waals surface area contributed by atoms with E-state index in [-0.39, 0.29) is 6.17 Å². The van der Waals surface area contributed by atoms with Gasteiger partial charge in [-0.05, 0) is 24.3 Å². The maximum Gasteiger partial charge on any atom is 0.265 e. The summed E-state index contributed by atoms with van der Waals surface area (Å²) in [7, 11) is 1.64. The zero-order chi connectivity index (χ0) is 13.9. The van der Waals surface area contributed by atoms with E-state index in [2.05, 4.69) is 4.90 Å². The van der Waals surface area contributed by atoms with Gasteiger partial charge in [-0.1, -0.05) is 30.3 Å². The molecule has 1 unspecified atom stereocenters. The summed E-state index contributed by atoms with van der Waals surface area (Å²) in [4.78, 5) is 2.07. The number of benzene rings is 2. The minimum atomic E-state index is -0.301. The molecule has 1 aliphatic heterocycles. The molecule has 1 atom stereocenters. The zero-order valence-electron chi connectivity index (χ0n) is 11.3. The highest BCUT2D eigenvalue weighted by molar-refractivity contribution is 5.66. The van der Waals surface area contributed by atoms with Gasteiger partial charge in [0.05, 0.1) is 7.11 Å². The quantitative estimate of drug-likeness (QED) is 0.634. The Hall–Kier alpha value is -2.49. The van der Waals surface area contributed by atoms with Crippen molar-refractivity contribution in [3.05, 3.63) is 65.4 Å². The molecule has 0 N–H and O–H groups in total. The van der Waals surface area contributed by atoms with E-state index in [9.17, 15) is 5.21 Å². The van der Waals surface area contributed by atoms with E-state index in [1.807, 2.05) is 54.6 Å². The third-order valence-electron chi connectivity index (χ3n) is 3.50. The summed E-state index contributed by atoms with van der Waals surface area (Å²) in [6, 6.07) is 17.6. The Morgan fingerprint density at radius 2 is 1.80 bits per heavy atom. The van der Waals surface area contributed by atoms with Crippen molar-refractivity contribution in [2.45, 2.75) is 6.17 Å². The summed E-state index contributed by atoms with van der Waals surface area (Å²) in [6.07, 6.45) is 1.37. The van der Waals surface area contributed by atoms with Gasteiger partial charge in [0.1, 0.15) is 12.3 Å². The Labute approximate surface area is 118 Å². The van der Waals surface area contributed by atoms with Crippen LogP contribution in [0.15, 0.2) is 54.6 Å². The van der Waals surface area contributed by atoms with Gasteiger partial charge >= 0.3 is 0 Å². The van der Waals surface area contributed by atoms with Crippen LogP contribution < -0.4 is 9.64 Å². The van der Waals surface area contributed by atoms with Crippen molar-refractivity contribution in [3.63, 3.8) is 0 Å². The smallest absolute Gasteiger partial charge is 0.265 e. The SMILES string of the molecule is COc1ccc(N2CC=[N+]([O-])C2c2ccccc2)cc1. The summed E-state index contributed by atoms with van der Waals surface area (Å²) in [5.41, 5.74) is 2.00. The van der Waals surface area contributed by atoms with Gasteiger partial charge in [-0.25, -0.2) is 0 Å². The number of hydrogen-bond donors (Lipinski definition) is 0. The van der Waals surface area contributed by atoms with Crippen LogP contribution in [-0.4, -0.2) is 24.6 Å². The largest absolute Gasteiger partial charge is 0.622 e. The van der Waals surface area contributed by atoms with E-state index < -0.39 is 0 Å². The van der Waals surface area contributed by atoms with Crippen molar-refractivity contribution < 1.29 is 9.48 Å². The standard InChI is InChI=1S/C16H16N2O2/c1-20-15-9-7-14(8-10-15)17-11-12-18(19)16(17)13-5-3-2-4-6-13/h2-10,12,16H,11H2,1H3. The third-order valence-corrected chi connectivity index (χ3v) is 3.50. The molecule has 0 spiro atoms. The molecule has 2 aromatic rings. The van der Waals surface area contributed by atoms with Crippen molar-refractivity contribution in [3.8, 4) is 5.75 Å². The van der Waals surface area contributed by atoms with Crippen LogP contribution in [-0.2, 0) is 0 Å². The maximum atomic E-state index is 12.1. The average Bonchev–Trinajstić information content (AvgIpc) is 2.90. The molecular weight excluding hydrogens is 252 g/mol. The fraction of sp³-hybridized carbons (Fsp3) is 0.188. The van der Waals surface area contributed by atoms with Crippen molar-refractivity contribution >= 4 is 11.9 Å². The van der Waals surface area contributed by atoms with Gasteiger partial charge in [0.25, 0.3) is 6.17 Å². The Bertz CT molecular complexity index is 608. The second-order valence-corrected chi connectivity index (χ2v) is 4.68. The molecule has 4 nitrogen and oxygen atoms in total. The van der Waals surface area contributed by atoms with Crippen LogP contribution in [0, 0.1) is 5.21 Å². The first-order chi connectivity index (χ1) is 9.79. The second kappa shape index (κ2) is 5.25. The van der Waals surface area contributed by atoms with E-state index in [0.717, 1.165) is 21.7 Å². The number of anilines is 1. The van der Waals surface area contributed by atoms with Crippen molar-refractivity contribution in [1.82, 2.24) is 0 Å².